The highest BCUT2D eigenvalue weighted by Gasteiger charge is 2.32. The molecule has 9 nitrogen and oxygen atoms in total. The van der Waals surface area contributed by atoms with Gasteiger partial charge in [0.25, 0.3) is 11.5 Å². The number of hydrogen-bond acceptors (Lipinski definition) is 5. The molecule has 1 fully saturated rings. The van der Waals surface area contributed by atoms with Gasteiger partial charge in [0.1, 0.15) is 17.7 Å². The summed E-state index contributed by atoms with van der Waals surface area (Å²) >= 11 is 0. The Morgan fingerprint density at radius 1 is 1.16 bits per heavy atom. The van der Waals surface area contributed by atoms with Crippen LogP contribution >= 0.6 is 0 Å². The largest absolute Gasteiger partial charge is 0.481 e. The van der Waals surface area contributed by atoms with Gasteiger partial charge in [0.15, 0.2) is 12.4 Å². The number of aryl methyl sites for hydroxylation is 2. The van der Waals surface area contributed by atoms with Crippen LogP contribution in [0.5, 0.6) is 5.75 Å². The summed E-state index contributed by atoms with van der Waals surface area (Å²) in [6, 6.07) is 8.28. The van der Waals surface area contributed by atoms with E-state index in [2.05, 4.69) is 10.3 Å². The molecule has 37 heavy (non-hydrogen) atoms. The van der Waals surface area contributed by atoms with E-state index in [1.165, 1.54) is 9.47 Å². The van der Waals surface area contributed by atoms with Crippen molar-refractivity contribution in [3.8, 4) is 11.4 Å². The fraction of sp³-hybridized carbons (Fsp3) is 0.400. The molecule has 2 amide bonds. The molecule has 1 saturated heterocycles. The zero-order valence-electron chi connectivity index (χ0n) is 20.3. The molecule has 4 rings (SSSR count). The van der Waals surface area contributed by atoms with Gasteiger partial charge in [0.05, 0.1) is 5.52 Å². The molecule has 0 aliphatic carbocycles. The summed E-state index contributed by atoms with van der Waals surface area (Å²) in [4.78, 5) is 42.6. The van der Waals surface area contributed by atoms with Crippen molar-refractivity contribution in [2.24, 2.45) is 0 Å². The number of likely N-dealkylation sites (tertiary alicyclic amines) is 1. The van der Waals surface area contributed by atoms with Crippen molar-refractivity contribution in [3.05, 3.63) is 57.6 Å². The minimum atomic E-state index is -4.69. The number of nitrogens with zero attached hydrogens (tertiary/aromatic N) is 2. The van der Waals surface area contributed by atoms with Gasteiger partial charge in [0, 0.05) is 30.5 Å². The number of fused-ring (bicyclic) bond motifs is 1. The van der Waals surface area contributed by atoms with Crippen LogP contribution in [0.1, 0.15) is 34.6 Å². The summed E-state index contributed by atoms with van der Waals surface area (Å²) < 4.78 is 45.6. The highest BCUT2D eigenvalue weighted by molar-refractivity contribution is 6.03. The Kier molecular flexibility index (Phi) is 7.30. The van der Waals surface area contributed by atoms with Crippen LogP contribution in [-0.4, -0.2) is 69.9 Å². The van der Waals surface area contributed by atoms with Gasteiger partial charge in [-0.2, -0.15) is 13.2 Å². The summed E-state index contributed by atoms with van der Waals surface area (Å²) in [7, 11) is 0. The summed E-state index contributed by atoms with van der Waals surface area (Å²) in [5.41, 5.74) is 1.27. The van der Waals surface area contributed by atoms with E-state index in [9.17, 15) is 27.6 Å². The Hall–Kier alpha value is -3.80. The number of alkyl halides is 3. The lowest BCUT2D eigenvalue weighted by atomic mass is 10.0. The molecule has 1 aromatic carbocycles. The second kappa shape index (κ2) is 10.3. The van der Waals surface area contributed by atoms with Crippen LogP contribution in [0.2, 0.25) is 0 Å². The number of aliphatic hydroxyl groups is 1. The van der Waals surface area contributed by atoms with Gasteiger partial charge in [-0.15, -0.1) is 0 Å². The van der Waals surface area contributed by atoms with Crippen molar-refractivity contribution in [2.75, 3.05) is 26.3 Å². The number of nitrogens with one attached hydrogen (secondary N) is 2. The number of amides is 2. The summed E-state index contributed by atoms with van der Waals surface area (Å²) in [6.07, 6.45) is -3.89. The van der Waals surface area contributed by atoms with E-state index < -0.39 is 42.5 Å². The highest BCUT2D eigenvalue weighted by Crippen LogP contribution is 2.31. The van der Waals surface area contributed by atoms with Gasteiger partial charge in [0.2, 0.25) is 5.91 Å². The lowest BCUT2D eigenvalue weighted by Crippen LogP contribution is -2.47. The molecule has 3 aromatic rings. The van der Waals surface area contributed by atoms with Crippen LogP contribution in [0.25, 0.3) is 16.6 Å². The molecular formula is C25H27F3N4O5. The molecule has 0 unspecified atom stereocenters. The Balaban J connectivity index is 1.71. The number of carbonyl (C=O) groups excluding carboxylic acids is 2. The molecule has 12 heteroatoms. The van der Waals surface area contributed by atoms with Gasteiger partial charge in [-0.1, -0.05) is 17.7 Å². The number of pyridine rings is 1. The van der Waals surface area contributed by atoms with Crippen LogP contribution in [0.15, 0.2) is 35.1 Å². The number of halogens is 3. The Morgan fingerprint density at radius 2 is 1.81 bits per heavy atom. The molecule has 1 aliphatic rings. The van der Waals surface area contributed by atoms with Gasteiger partial charge in [-0.25, -0.2) is 0 Å². The average molecular weight is 521 g/mol. The van der Waals surface area contributed by atoms with Crippen LogP contribution in [0, 0.1) is 13.8 Å². The molecular weight excluding hydrogens is 493 g/mol. The van der Waals surface area contributed by atoms with E-state index in [4.69, 9.17) is 9.84 Å². The first-order chi connectivity index (χ1) is 17.5. The number of hydrogen-bond donors (Lipinski definition) is 3. The second-order valence-corrected chi connectivity index (χ2v) is 9.07. The first-order valence-corrected chi connectivity index (χ1v) is 11.7. The minimum absolute atomic E-state index is 0.163. The number of aromatic nitrogens is 2. The summed E-state index contributed by atoms with van der Waals surface area (Å²) in [5, 5.41) is 11.6. The Labute approximate surface area is 209 Å². The van der Waals surface area contributed by atoms with Crippen molar-refractivity contribution in [3.63, 3.8) is 0 Å². The van der Waals surface area contributed by atoms with Gasteiger partial charge in [-0.05, 0) is 44.9 Å². The minimum Gasteiger partial charge on any atom is -0.481 e. The number of rotatable bonds is 6. The van der Waals surface area contributed by atoms with Crippen molar-refractivity contribution >= 4 is 22.7 Å². The average Bonchev–Trinajstić information content (AvgIpc) is 3.22. The monoisotopic (exact) mass is 520 g/mol. The first kappa shape index (κ1) is 26.3. The maximum atomic E-state index is 13.5. The third kappa shape index (κ3) is 5.63. The molecule has 1 aliphatic heterocycles. The van der Waals surface area contributed by atoms with Gasteiger partial charge < -0.3 is 25.0 Å². The fourth-order valence-corrected chi connectivity index (χ4v) is 4.47. The Bertz CT molecular complexity index is 1370. The Morgan fingerprint density at radius 3 is 2.41 bits per heavy atom. The standard InChI is InChI=1S/C25H27F3N4O5/c1-14-3-5-17(6-4-14)32-15(2)11-18-20(24(32)36)22(37-13-25(26,27)28)21(30-18)23(35)29-16-7-9-31(10-8-16)19(34)12-33/h3-6,11,16,30,33H,7-10,12-13H2,1-2H3,(H,29,35). The van der Waals surface area contributed by atoms with E-state index >= 15 is 0 Å². The van der Waals surface area contributed by atoms with Gasteiger partial charge >= 0.3 is 6.18 Å². The third-order valence-electron chi connectivity index (χ3n) is 6.32. The van der Waals surface area contributed by atoms with Crippen LogP contribution in [0.3, 0.4) is 0 Å². The van der Waals surface area contributed by atoms with E-state index in [0.29, 0.717) is 37.3 Å². The number of carbonyl (C=O) groups is 2. The normalized spacial score (nSPS) is 14.7. The topological polar surface area (TPSA) is 117 Å². The molecule has 3 N–H and O–H groups in total. The number of ether oxygens (including phenoxy) is 1. The molecule has 0 spiro atoms. The smallest absolute Gasteiger partial charge is 0.422 e. The zero-order valence-corrected chi connectivity index (χ0v) is 20.3. The summed E-state index contributed by atoms with van der Waals surface area (Å²) in [5.74, 6) is -1.61. The lowest BCUT2D eigenvalue weighted by Gasteiger charge is -2.32. The van der Waals surface area contributed by atoms with Crippen molar-refractivity contribution in [1.82, 2.24) is 19.8 Å². The predicted octanol–water partition coefficient (Wildman–Crippen LogP) is 2.59. The maximum Gasteiger partial charge on any atom is 0.422 e. The SMILES string of the molecule is Cc1ccc(-n2c(C)cc3[nH]c(C(=O)NC4CCN(C(=O)CO)CC4)c(OCC(F)(F)F)c3c2=O)cc1. The van der Waals surface area contributed by atoms with E-state index in [1.807, 2.05) is 19.1 Å². The number of H-pyrrole nitrogens is 1. The van der Waals surface area contributed by atoms with E-state index in [1.54, 1.807) is 25.1 Å². The second-order valence-electron chi connectivity index (χ2n) is 9.07. The van der Waals surface area contributed by atoms with Crippen LogP contribution in [0.4, 0.5) is 13.2 Å². The first-order valence-electron chi connectivity index (χ1n) is 11.7. The van der Waals surface area contributed by atoms with Crippen molar-refractivity contribution in [1.29, 1.82) is 0 Å². The number of piperidine rings is 1. The molecule has 0 radical (unpaired) electrons. The molecule has 198 valence electrons. The predicted molar refractivity (Wildman–Crippen MR) is 129 cm³/mol. The maximum absolute atomic E-state index is 13.5. The van der Waals surface area contributed by atoms with Gasteiger partial charge in [-0.3, -0.25) is 19.0 Å². The van der Waals surface area contributed by atoms with Crippen LogP contribution < -0.4 is 15.6 Å². The molecule has 2 aromatic heterocycles. The lowest BCUT2D eigenvalue weighted by molar-refractivity contribution is -0.153. The molecule has 3 heterocycles. The zero-order chi connectivity index (χ0) is 26.9. The number of benzene rings is 1. The fourth-order valence-electron chi connectivity index (χ4n) is 4.47. The van der Waals surface area contributed by atoms with E-state index in [0.717, 1.165) is 5.56 Å². The third-order valence-corrected chi connectivity index (χ3v) is 6.32. The number of aliphatic hydroxyl groups excluding tert-OH is 1. The van der Waals surface area contributed by atoms with Crippen LogP contribution in [-0.2, 0) is 4.79 Å². The molecule has 0 saturated carbocycles. The molecule has 0 bridgehead atoms. The quantitative estimate of drug-likeness (QED) is 0.462. The highest BCUT2D eigenvalue weighted by atomic mass is 19.4. The van der Waals surface area contributed by atoms with Crippen molar-refractivity contribution in [2.45, 2.75) is 38.9 Å². The van der Waals surface area contributed by atoms with Crippen molar-refractivity contribution < 1.29 is 32.6 Å². The number of aromatic amines is 1. The molecule has 0 atom stereocenters. The van der Waals surface area contributed by atoms with E-state index in [-0.39, 0.29) is 22.6 Å². The summed E-state index contributed by atoms with van der Waals surface area (Å²) in [6.45, 7) is 1.91.